The van der Waals surface area contributed by atoms with Crippen LogP contribution in [0, 0.1) is 17.2 Å². The Morgan fingerprint density at radius 1 is 1.36 bits per heavy atom. The summed E-state index contributed by atoms with van der Waals surface area (Å²) < 4.78 is 10.6. The van der Waals surface area contributed by atoms with Gasteiger partial charge in [0.25, 0.3) is 0 Å². The van der Waals surface area contributed by atoms with Crippen LogP contribution in [0.3, 0.4) is 0 Å². The number of thioether (sulfide) groups is 1. The van der Waals surface area contributed by atoms with E-state index in [1.165, 1.54) is 11.8 Å². The number of aromatic nitrogens is 1. The minimum Gasteiger partial charge on any atom is -0.462 e. The van der Waals surface area contributed by atoms with Crippen LogP contribution in [0.25, 0.3) is 0 Å². The lowest BCUT2D eigenvalue weighted by molar-refractivity contribution is -0.160. The molecule has 1 aromatic rings. The summed E-state index contributed by atoms with van der Waals surface area (Å²) in [6.45, 7) is 8.76. The predicted octanol–water partition coefficient (Wildman–Crippen LogP) is 3.41. The van der Waals surface area contributed by atoms with Gasteiger partial charge < -0.3 is 14.4 Å². The molecule has 1 fully saturated rings. The lowest BCUT2D eigenvalue weighted by atomic mass is 9.96. The zero-order chi connectivity index (χ0) is 20.9. The summed E-state index contributed by atoms with van der Waals surface area (Å²) in [6, 6.07) is 3.68. The molecule has 1 aromatic heterocycles. The molecule has 28 heavy (non-hydrogen) atoms. The number of nitrogens with zero attached hydrogens (tertiary/aromatic N) is 3. The fourth-order valence-corrected chi connectivity index (χ4v) is 3.57. The zero-order valence-electron chi connectivity index (χ0n) is 17.1. The first-order valence-electron chi connectivity index (χ1n) is 9.34. The lowest BCUT2D eigenvalue weighted by Gasteiger charge is -2.33. The average molecular weight is 406 g/mol. The lowest BCUT2D eigenvalue weighted by Crippen LogP contribution is -2.39. The number of carbonyl (C=O) groups is 2. The van der Waals surface area contributed by atoms with Crippen molar-refractivity contribution in [1.82, 2.24) is 4.98 Å². The maximum atomic E-state index is 12.3. The highest BCUT2D eigenvalue weighted by molar-refractivity contribution is 7.98. The topological polar surface area (TPSA) is 92.5 Å². The Morgan fingerprint density at radius 2 is 2.00 bits per heavy atom. The van der Waals surface area contributed by atoms with E-state index >= 15 is 0 Å². The highest BCUT2D eigenvalue weighted by atomic mass is 32.2. The summed E-state index contributed by atoms with van der Waals surface area (Å²) in [5, 5.41) is 10.1. The molecule has 1 saturated heterocycles. The largest absolute Gasteiger partial charge is 0.462 e. The van der Waals surface area contributed by atoms with Crippen LogP contribution in [0.15, 0.2) is 11.1 Å². The fourth-order valence-electron chi connectivity index (χ4n) is 3.03. The molecule has 1 aliphatic rings. The standard InChI is InChI=1S/C20H27N3O4S/c1-6-26-19(25)15-11-14(12-21)16(22-17(15)28-5)23-9-7-13(8-10-23)18(24)27-20(2,3)4/h11,13H,6-10H2,1-5H3. The number of nitriles is 1. The van der Waals surface area contributed by atoms with Crippen LogP contribution in [-0.4, -0.2) is 48.5 Å². The fraction of sp³-hybridized carbons (Fsp3) is 0.600. The van der Waals surface area contributed by atoms with E-state index in [0.717, 1.165) is 0 Å². The number of piperidine rings is 1. The second kappa shape index (κ2) is 9.28. The van der Waals surface area contributed by atoms with Crippen LogP contribution in [0.5, 0.6) is 0 Å². The first-order valence-corrected chi connectivity index (χ1v) is 10.6. The van der Waals surface area contributed by atoms with Gasteiger partial charge in [0.1, 0.15) is 22.5 Å². The molecule has 8 heteroatoms. The van der Waals surface area contributed by atoms with E-state index in [1.54, 1.807) is 13.0 Å². The third kappa shape index (κ3) is 5.38. The molecule has 0 unspecified atom stereocenters. The summed E-state index contributed by atoms with van der Waals surface area (Å²) in [6.07, 6.45) is 3.10. The van der Waals surface area contributed by atoms with Crippen LogP contribution in [0.1, 0.15) is 56.5 Å². The SMILES string of the molecule is CCOC(=O)c1cc(C#N)c(N2CCC(C(=O)OC(C)(C)C)CC2)nc1SC. The average Bonchev–Trinajstić information content (AvgIpc) is 2.65. The summed E-state index contributed by atoms with van der Waals surface area (Å²) in [5.41, 5.74) is 0.134. The van der Waals surface area contributed by atoms with Crippen molar-refractivity contribution in [2.45, 2.75) is 51.2 Å². The van der Waals surface area contributed by atoms with Gasteiger partial charge in [0.05, 0.1) is 23.7 Å². The second-order valence-corrected chi connectivity index (χ2v) is 8.34. The summed E-state index contributed by atoms with van der Waals surface area (Å²) in [7, 11) is 0. The summed E-state index contributed by atoms with van der Waals surface area (Å²) in [4.78, 5) is 31.0. The molecule has 2 heterocycles. The smallest absolute Gasteiger partial charge is 0.340 e. The Bertz CT molecular complexity index is 775. The molecular weight excluding hydrogens is 378 g/mol. The van der Waals surface area contributed by atoms with Gasteiger partial charge in [-0.1, -0.05) is 0 Å². The van der Waals surface area contributed by atoms with Gasteiger partial charge in [0.2, 0.25) is 0 Å². The van der Waals surface area contributed by atoms with Gasteiger partial charge in [0, 0.05) is 13.1 Å². The van der Waals surface area contributed by atoms with Crippen molar-refractivity contribution in [3.63, 3.8) is 0 Å². The molecule has 2 rings (SSSR count). The molecule has 0 N–H and O–H groups in total. The number of ether oxygens (including phenoxy) is 2. The normalized spacial score (nSPS) is 15.1. The molecule has 0 amide bonds. The Kier molecular flexibility index (Phi) is 7.30. The molecule has 152 valence electrons. The molecule has 1 aliphatic heterocycles. The Morgan fingerprint density at radius 3 is 2.50 bits per heavy atom. The number of pyridine rings is 1. The molecule has 7 nitrogen and oxygen atoms in total. The van der Waals surface area contributed by atoms with E-state index in [2.05, 4.69) is 11.1 Å². The maximum Gasteiger partial charge on any atom is 0.340 e. The van der Waals surface area contributed by atoms with Crippen molar-refractivity contribution >= 4 is 29.5 Å². The van der Waals surface area contributed by atoms with Gasteiger partial charge in [-0.3, -0.25) is 4.79 Å². The first kappa shape index (κ1) is 22.0. The van der Waals surface area contributed by atoms with Gasteiger partial charge in [-0.15, -0.1) is 11.8 Å². The van der Waals surface area contributed by atoms with Crippen molar-refractivity contribution in [3.05, 3.63) is 17.2 Å². The molecule has 0 saturated carbocycles. The highest BCUT2D eigenvalue weighted by Crippen LogP contribution is 2.30. The number of esters is 2. The quantitative estimate of drug-likeness (QED) is 0.543. The monoisotopic (exact) mass is 405 g/mol. The van der Waals surface area contributed by atoms with E-state index in [-0.39, 0.29) is 18.5 Å². The van der Waals surface area contributed by atoms with Crippen molar-refractivity contribution in [1.29, 1.82) is 5.26 Å². The molecule has 0 bridgehead atoms. The molecule has 0 aromatic carbocycles. The minimum absolute atomic E-state index is 0.153. The van der Waals surface area contributed by atoms with E-state index in [4.69, 9.17) is 9.47 Å². The minimum atomic E-state index is -0.500. The van der Waals surface area contributed by atoms with Crippen LogP contribution >= 0.6 is 11.8 Å². The van der Waals surface area contributed by atoms with Gasteiger partial charge in [-0.05, 0) is 52.9 Å². The van der Waals surface area contributed by atoms with Crippen LogP contribution < -0.4 is 4.90 Å². The number of carbonyl (C=O) groups excluding carboxylic acids is 2. The zero-order valence-corrected chi connectivity index (χ0v) is 17.9. The Balaban J connectivity index is 2.19. The predicted molar refractivity (Wildman–Crippen MR) is 107 cm³/mol. The van der Waals surface area contributed by atoms with E-state index in [0.29, 0.717) is 47.9 Å². The third-order valence-corrected chi connectivity index (χ3v) is 5.01. The van der Waals surface area contributed by atoms with Crippen molar-refractivity contribution in [3.8, 4) is 6.07 Å². The van der Waals surface area contributed by atoms with E-state index < -0.39 is 11.6 Å². The number of rotatable bonds is 5. The van der Waals surface area contributed by atoms with Crippen LogP contribution in [0.2, 0.25) is 0 Å². The van der Waals surface area contributed by atoms with Gasteiger partial charge >= 0.3 is 11.9 Å². The molecule has 0 aliphatic carbocycles. The van der Waals surface area contributed by atoms with Gasteiger partial charge in [0.15, 0.2) is 0 Å². The molecule has 0 atom stereocenters. The Hall–Kier alpha value is -2.27. The third-order valence-electron chi connectivity index (χ3n) is 4.31. The maximum absolute atomic E-state index is 12.3. The van der Waals surface area contributed by atoms with Gasteiger partial charge in [-0.25, -0.2) is 9.78 Å². The second-order valence-electron chi connectivity index (χ2n) is 7.54. The molecule has 0 spiro atoms. The van der Waals surface area contributed by atoms with Crippen LogP contribution in [0.4, 0.5) is 5.82 Å². The van der Waals surface area contributed by atoms with Crippen molar-refractivity contribution in [2.24, 2.45) is 5.92 Å². The number of anilines is 1. The van der Waals surface area contributed by atoms with Crippen molar-refractivity contribution < 1.29 is 19.1 Å². The summed E-state index contributed by atoms with van der Waals surface area (Å²) >= 11 is 1.34. The van der Waals surface area contributed by atoms with Crippen LogP contribution in [-0.2, 0) is 14.3 Å². The first-order chi connectivity index (χ1) is 13.2. The highest BCUT2D eigenvalue weighted by Gasteiger charge is 2.31. The number of hydrogen-bond donors (Lipinski definition) is 0. The molecule has 0 radical (unpaired) electrons. The van der Waals surface area contributed by atoms with Crippen molar-refractivity contribution in [2.75, 3.05) is 30.9 Å². The molecular formula is C20H27N3O4S. The number of hydrogen-bond acceptors (Lipinski definition) is 8. The Labute approximate surface area is 170 Å². The van der Waals surface area contributed by atoms with E-state index in [9.17, 15) is 14.9 Å². The summed E-state index contributed by atoms with van der Waals surface area (Å²) in [5.74, 6) is -0.267. The van der Waals surface area contributed by atoms with E-state index in [1.807, 2.05) is 31.9 Å². The van der Waals surface area contributed by atoms with Gasteiger partial charge in [-0.2, -0.15) is 5.26 Å².